The lowest BCUT2D eigenvalue weighted by Crippen LogP contribution is -2.20. The van der Waals surface area contributed by atoms with Crippen molar-refractivity contribution in [3.63, 3.8) is 0 Å². The lowest BCUT2D eigenvalue weighted by atomic mass is 10.1. The molecule has 17 heavy (non-hydrogen) atoms. The molecule has 0 saturated heterocycles. The number of halogens is 2. The summed E-state index contributed by atoms with van der Waals surface area (Å²) in [6, 6.07) is 0. The molecule has 1 aromatic rings. The van der Waals surface area contributed by atoms with Gasteiger partial charge in [0.1, 0.15) is 0 Å². The Morgan fingerprint density at radius 1 is 1.29 bits per heavy atom. The van der Waals surface area contributed by atoms with Gasteiger partial charge in [-0.05, 0) is 13.8 Å². The summed E-state index contributed by atoms with van der Waals surface area (Å²) in [4.78, 5) is 6.37. The number of hydrogen-bond acceptors (Lipinski definition) is 4. The maximum absolute atomic E-state index is 5.78. The van der Waals surface area contributed by atoms with Gasteiger partial charge in [0.25, 0.3) is 0 Å². The van der Waals surface area contributed by atoms with Crippen LogP contribution in [0.4, 0.5) is 11.4 Å². The third-order valence-electron chi connectivity index (χ3n) is 2.49. The summed E-state index contributed by atoms with van der Waals surface area (Å²) in [5, 5.41) is 3.28. The summed E-state index contributed by atoms with van der Waals surface area (Å²) in [7, 11) is 2.05. The van der Waals surface area contributed by atoms with Crippen molar-refractivity contribution in [1.82, 2.24) is 4.98 Å². The van der Waals surface area contributed by atoms with Crippen LogP contribution in [0.15, 0.2) is 12.4 Å². The van der Waals surface area contributed by atoms with Crippen LogP contribution in [-0.4, -0.2) is 25.1 Å². The third kappa shape index (κ3) is 4.58. The second-order valence-electron chi connectivity index (χ2n) is 3.43. The zero-order valence-electron chi connectivity index (χ0n) is 10.6. The van der Waals surface area contributed by atoms with Crippen molar-refractivity contribution < 1.29 is 0 Å². The van der Waals surface area contributed by atoms with Crippen LogP contribution in [0.3, 0.4) is 0 Å². The fraction of sp³-hybridized carbons (Fsp3) is 0.545. The van der Waals surface area contributed by atoms with E-state index in [1.807, 2.05) is 19.4 Å². The summed E-state index contributed by atoms with van der Waals surface area (Å²) in [6.45, 7) is 6.54. The van der Waals surface area contributed by atoms with Gasteiger partial charge in [0.2, 0.25) is 0 Å². The monoisotopic (exact) mass is 280 g/mol. The SMILES string of the molecule is CCNc1cncc(N(C)CC)c1CN.Cl.Cl. The zero-order valence-corrected chi connectivity index (χ0v) is 12.2. The molecule has 6 heteroatoms. The van der Waals surface area contributed by atoms with Crippen LogP contribution in [0.2, 0.25) is 0 Å². The molecule has 0 fully saturated rings. The summed E-state index contributed by atoms with van der Waals surface area (Å²) >= 11 is 0. The highest BCUT2D eigenvalue weighted by Crippen LogP contribution is 2.24. The molecule has 0 saturated carbocycles. The second kappa shape index (κ2) is 9.33. The van der Waals surface area contributed by atoms with E-state index in [1.54, 1.807) is 0 Å². The van der Waals surface area contributed by atoms with E-state index >= 15 is 0 Å². The number of aromatic nitrogens is 1. The van der Waals surface area contributed by atoms with Gasteiger partial charge in [-0.25, -0.2) is 0 Å². The Kier molecular flexibility index (Phi) is 10.2. The fourth-order valence-corrected chi connectivity index (χ4v) is 1.53. The Bertz CT molecular complexity index is 320. The Hall–Kier alpha value is -0.710. The minimum Gasteiger partial charge on any atom is -0.384 e. The van der Waals surface area contributed by atoms with Gasteiger partial charge in [0, 0.05) is 32.2 Å². The highest BCUT2D eigenvalue weighted by atomic mass is 35.5. The van der Waals surface area contributed by atoms with E-state index in [4.69, 9.17) is 5.73 Å². The maximum atomic E-state index is 5.78. The molecule has 0 aliphatic carbocycles. The van der Waals surface area contributed by atoms with Crippen molar-refractivity contribution in [1.29, 1.82) is 0 Å². The van der Waals surface area contributed by atoms with E-state index in [9.17, 15) is 0 Å². The van der Waals surface area contributed by atoms with E-state index in [2.05, 4.69) is 29.0 Å². The van der Waals surface area contributed by atoms with Crippen LogP contribution in [-0.2, 0) is 6.54 Å². The molecule has 100 valence electrons. The predicted octanol–water partition coefficient (Wildman–Crippen LogP) is 2.27. The van der Waals surface area contributed by atoms with Crippen molar-refractivity contribution in [3.05, 3.63) is 18.0 Å². The Morgan fingerprint density at radius 2 is 1.94 bits per heavy atom. The molecular formula is C11H22Cl2N4. The van der Waals surface area contributed by atoms with Crippen molar-refractivity contribution >= 4 is 36.2 Å². The third-order valence-corrected chi connectivity index (χ3v) is 2.49. The molecule has 0 bridgehead atoms. The second-order valence-corrected chi connectivity index (χ2v) is 3.43. The fourth-order valence-electron chi connectivity index (χ4n) is 1.53. The molecule has 1 rings (SSSR count). The van der Waals surface area contributed by atoms with E-state index in [-0.39, 0.29) is 24.8 Å². The molecule has 0 unspecified atom stereocenters. The van der Waals surface area contributed by atoms with E-state index in [0.29, 0.717) is 6.54 Å². The number of anilines is 2. The van der Waals surface area contributed by atoms with Crippen LogP contribution >= 0.6 is 24.8 Å². The number of nitrogens with two attached hydrogens (primary N) is 1. The average Bonchev–Trinajstić information content (AvgIpc) is 2.28. The lowest BCUT2D eigenvalue weighted by molar-refractivity contribution is 0.931. The molecule has 0 aliphatic heterocycles. The van der Waals surface area contributed by atoms with E-state index < -0.39 is 0 Å². The van der Waals surface area contributed by atoms with Crippen LogP contribution in [0.25, 0.3) is 0 Å². The first-order valence-corrected chi connectivity index (χ1v) is 5.36. The maximum Gasteiger partial charge on any atom is 0.0616 e. The van der Waals surface area contributed by atoms with Crippen LogP contribution in [0, 0.1) is 0 Å². The van der Waals surface area contributed by atoms with Gasteiger partial charge >= 0.3 is 0 Å². The number of nitrogens with one attached hydrogen (secondary N) is 1. The van der Waals surface area contributed by atoms with Crippen molar-refractivity contribution in [2.24, 2.45) is 5.73 Å². The first-order chi connectivity index (χ1) is 7.24. The molecule has 3 N–H and O–H groups in total. The molecule has 0 aromatic carbocycles. The number of nitrogens with zero attached hydrogens (tertiary/aromatic N) is 2. The minimum absolute atomic E-state index is 0. The van der Waals surface area contributed by atoms with Gasteiger partial charge < -0.3 is 16.0 Å². The zero-order chi connectivity index (χ0) is 11.3. The topological polar surface area (TPSA) is 54.2 Å². The molecule has 0 atom stereocenters. The van der Waals surface area contributed by atoms with Crippen LogP contribution in [0.1, 0.15) is 19.4 Å². The molecule has 4 nitrogen and oxygen atoms in total. The van der Waals surface area contributed by atoms with Crippen molar-refractivity contribution in [3.8, 4) is 0 Å². The molecular weight excluding hydrogens is 259 g/mol. The van der Waals surface area contributed by atoms with E-state index in [1.165, 1.54) is 0 Å². The van der Waals surface area contributed by atoms with Gasteiger partial charge in [0.05, 0.1) is 23.8 Å². The van der Waals surface area contributed by atoms with Gasteiger partial charge in [-0.3, -0.25) is 4.98 Å². The molecule has 0 radical (unpaired) electrons. The largest absolute Gasteiger partial charge is 0.384 e. The Morgan fingerprint density at radius 3 is 2.41 bits per heavy atom. The summed E-state index contributed by atoms with van der Waals surface area (Å²) in [6.07, 6.45) is 3.70. The minimum atomic E-state index is 0. The summed E-state index contributed by atoms with van der Waals surface area (Å²) in [5.74, 6) is 0. The molecule has 1 aromatic heterocycles. The molecule has 0 amide bonds. The number of pyridine rings is 1. The quantitative estimate of drug-likeness (QED) is 0.869. The highest BCUT2D eigenvalue weighted by Gasteiger charge is 2.09. The van der Waals surface area contributed by atoms with Crippen LogP contribution < -0.4 is 16.0 Å². The first-order valence-electron chi connectivity index (χ1n) is 5.36. The first kappa shape index (κ1) is 18.6. The van der Waals surface area contributed by atoms with Crippen molar-refractivity contribution in [2.45, 2.75) is 20.4 Å². The van der Waals surface area contributed by atoms with Gasteiger partial charge in [-0.15, -0.1) is 24.8 Å². The predicted molar refractivity (Wildman–Crippen MR) is 79.7 cm³/mol. The van der Waals surface area contributed by atoms with Gasteiger partial charge in [0.15, 0.2) is 0 Å². The molecule has 0 aliphatic rings. The highest BCUT2D eigenvalue weighted by molar-refractivity contribution is 5.85. The van der Waals surface area contributed by atoms with Crippen LogP contribution in [0.5, 0.6) is 0 Å². The summed E-state index contributed by atoms with van der Waals surface area (Å²) in [5.41, 5.74) is 9.06. The van der Waals surface area contributed by atoms with Gasteiger partial charge in [-0.2, -0.15) is 0 Å². The normalized spacial score (nSPS) is 8.94. The Balaban J connectivity index is 0. The average molecular weight is 281 g/mol. The number of hydrogen-bond donors (Lipinski definition) is 2. The van der Waals surface area contributed by atoms with E-state index in [0.717, 1.165) is 30.0 Å². The molecule has 1 heterocycles. The Labute approximate surface area is 116 Å². The van der Waals surface area contributed by atoms with Crippen molar-refractivity contribution in [2.75, 3.05) is 30.4 Å². The standard InChI is InChI=1S/C11H20N4.2ClH/c1-4-14-10-7-13-8-11(9(10)6-12)15(3)5-2;;/h7-8,14H,4-6,12H2,1-3H3;2*1H. The molecule has 0 spiro atoms. The number of rotatable bonds is 5. The van der Waals surface area contributed by atoms with Gasteiger partial charge in [-0.1, -0.05) is 0 Å². The smallest absolute Gasteiger partial charge is 0.0616 e. The lowest BCUT2D eigenvalue weighted by Gasteiger charge is -2.21. The summed E-state index contributed by atoms with van der Waals surface area (Å²) < 4.78 is 0.